The number of hydrogen-bond donors (Lipinski definition) is 0. The van der Waals surface area contributed by atoms with E-state index in [-0.39, 0.29) is 22.2 Å². The summed E-state index contributed by atoms with van der Waals surface area (Å²) in [6.07, 6.45) is 1.66. The molecule has 0 radical (unpaired) electrons. The van der Waals surface area contributed by atoms with Crippen molar-refractivity contribution in [1.29, 1.82) is 0 Å². The Kier molecular flexibility index (Phi) is 12.4. The minimum atomic E-state index is -2.69. The Bertz CT molecular complexity index is 795. The van der Waals surface area contributed by atoms with Crippen LogP contribution in [0.25, 0.3) is 0 Å². The average Bonchev–Trinajstić information content (AvgIpc) is 2.66. The van der Waals surface area contributed by atoms with Crippen LogP contribution in [0, 0.1) is 0 Å². The van der Waals surface area contributed by atoms with Crippen molar-refractivity contribution in [3.05, 3.63) is 33.4 Å². The average molecular weight is 699 g/mol. The Morgan fingerprint density at radius 1 is 0.441 bits per heavy atom. The molecule has 0 aliphatic heterocycles. The SMILES string of the molecule is CCc1c(CC)c(C(C)[Si](C)(Cl)Cl)c(C(C)[Si](C)(Cl)Cl)c(C(C)[Si](C)(Cl)Cl)c1C(C)[Si](C)(Cl)Cl. The quantitative estimate of drug-likeness (QED) is 0.169. The van der Waals surface area contributed by atoms with Gasteiger partial charge in [0, 0.05) is 22.2 Å². The Hall–Kier alpha value is 2.41. The Morgan fingerprint density at radius 3 is 0.765 bits per heavy atom. The first-order valence-electron chi connectivity index (χ1n) is 11.8. The van der Waals surface area contributed by atoms with Crippen molar-refractivity contribution in [1.82, 2.24) is 0 Å². The van der Waals surface area contributed by atoms with Crippen LogP contribution in [-0.2, 0) is 12.8 Å². The van der Waals surface area contributed by atoms with E-state index in [2.05, 4.69) is 41.5 Å². The molecule has 198 valence electrons. The first kappa shape index (κ1) is 34.4. The summed E-state index contributed by atoms with van der Waals surface area (Å²) < 4.78 is 0. The summed E-state index contributed by atoms with van der Waals surface area (Å²) >= 11 is 55.4. The zero-order valence-electron chi connectivity index (χ0n) is 21.7. The molecule has 0 heterocycles. The third kappa shape index (κ3) is 7.75. The topological polar surface area (TPSA) is 0 Å². The highest BCUT2D eigenvalue weighted by molar-refractivity contribution is 7.46. The van der Waals surface area contributed by atoms with Crippen molar-refractivity contribution >= 4 is 115 Å². The monoisotopic (exact) mass is 694 g/mol. The number of hydrogen-bond acceptors (Lipinski definition) is 0. The van der Waals surface area contributed by atoms with Gasteiger partial charge in [-0.25, -0.2) is 0 Å². The van der Waals surface area contributed by atoms with Crippen LogP contribution in [0.4, 0.5) is 0 Å². The largest absolute Gasteiger partial charge is 0.255 e. The van der Waals surface area contributed by atoms with Gasteiger partial charge in [0.15, 0.2) is 0 Å². The summed E-state index contributed by atoms with van der Waals surface area (Å²) in [6.45, 7) is 10.1. The third-order valence-electron chi connectivity index (χ3n) is 7.37. The fraction of sp³-hybridized carbons (Fsp3) is 0.727. The molecule has 0 aromatic heterocycles. The predicted octanol–water partition coefficient (Wildman–Crippen LogP) is 11.6. The van der Waals surface area contributed by atoms with Gasteiger partial charge in [0.1, 0.15) is 0 Å². The Balaban J connectivity index is 4.61. The van der Waals surface area contributed by atoms with Gasteiger partial charge in [0.2, 0.25) is 0 Å². The van der Waals surface area contributed by atoms with Gasteiger partial charge in [-0.3, -0.25) is 0 Å². The molecular weight excluding hydrogens is 660 g/mol. The number of rotatable bonds is 10. The van der Waals surface area contributed by atoms with E-state index in [9.17, 15) is 0 Å². The summed E-state index contributed by atoms with van der Waals surface area (Å²) in [6, 6.07) is 0. The van der Waals surface area contributed by atoms with Gasteiger partial charge in [0.05, 0.1) is 0 Å². The van der Waals surface area contributed by atoms with Crippen LogP contribution in [0.15, 0.2) is 0 Å². The molecule has 0 saturated heterocycles. The molecule has 0 saturated carbocycles. The second-order valence-electron chi connectivity index (χ2n) is 10.0. The molecule has 12 heteroatoms. The highest BCUT2D eigenvalue weighted by atomic mass is 35.7. The van der Waals surface area contributed by atoms with Crippen molar-refractivity contribution in [2.24, 2.45) is 0 Å². The van der Waals surface area contributed by atoms with Crippen LogP contribution in [-0.4, -0.2) is 26.8 Å². The fourth-order valence-corrected chi connectivity index (χ4v) is 10.6. The van der Waals surface area contributed by atoms with Gasteiger partial charge in [0.25, 0.3) is 26.8 Å². The van der Waals surface area contributed by atoms with Crippen molar-refractivity contribution in [2.45, 2.75) is 103 Å². The molecule has 1 aromatic rings. The first-order chi connectivity index (χ1) is 15.0. The van der Waals surface area contributed by atoms with Crippen LogP contribution in [0.5, 0.6) is 0 Å². The van der Waals surface area contributed by atoms with Gasteiger partial charge in [-0.05, 0) is 72.4 Å². The molecule has 34 heavy (non-hydrogen) atoms. The molecule has 0 fully saturated rings. The molecule has 0 nitrogen and oxygen atoms in total. The summed E-state index contributed by atoms with van der Waals surface area (Å²) in [4.78, 5) is 0. The Morgan fingerprint density at radius 2 is 0.618 bits per heavy atom. The second-order valence-corrected chi connectivity index (χ2v) is 42.3. The van der Waals surface area contributed by atoms with Crippen LogP contribution >= 0.6 is 88.6 Å². The standard InChI is InChI=1S/C22H38Cl8Si4/c1-11-17-18(12-2)20(14(4)32(8,25)26)22(16(6)34(10,29)30)21(15(5)33(9,27)28)19(17)13(3)31(7,23)24/h13-16H,11-12H2,1-10H3. The lowest BCUT2D eigenvalue weighted by atomic mass is 9.80. The maximum absolute atomic E-state index is 6.94. The summed E-state index contributed by atoms with van der Waals surface area (Å²) in [5, 5.41) is 0. The van der Waals surface area contributed by atoms with Crippen molar-refractivity contribution in [3.8, 4) is 0 Å². The van der Waals surface area contributed by atoms with E-state index in [1.165, 1.54) is 22.3 Å². The van der Waals surface area contributed by atoms with E-state index >= 15 is 0 Å². The maximum atomic E-state index is 6.94. The number of benzene rings is 1. The fourth-order valence-electron chi connectivity index (χ4n) is 4.68. The summed E-state index contributed by atoms with van der Waals surface area (Å²) in [7, 11) is 0. The zero-order valence-corrected chi connectivity index (χ0v) is 31.8. The van der Waals surface area contributed by atoms with Crippen LogP contribution < -0.4 is 0 Å². The minimum absolute atomic E-state index is 0.0391. The van der Waals surface area contributed by atoms with Gasteiger partial charge in [-0.1, -0.05) is 41.5 Å². The lowest BCUT2D eigenvalue weighted by Gasteiger charge is -2.40. The van der Waals surface area contributed by atoms with E-state index in [4.69, 9.17) is 88.6 Å². The molecule has 4 atom stereocenters. The smallest absolute Gasteiger partial charge is 0.145 e. The van der Waals surface area contributed by atoms with Crippen LogP contribution in [0.3, 0.4) is 0 Å². The zero-order chi connectivity index (χ0) is 27.2. The summed E-state index contributed by atoms with van der Waals surface area (Å²) in [5.74, 6) is 0. The molecular formula is C22H38Cl8Si4. The van der Waals surface area contributed by atoms with Crippen LogP contribution in [0.1, 0.15) is 97.1 Å². The molecule has 0 aliphatic carbocycles. The van der Waals surface area contributed by atoms with Crippen molar-refractivity contribution in [3.63, 3.8) is 0 Å². The Labute approximate surface area is 249 Å². The van der Waals surface area contributed by atoms with E-state index < -0.39 is 26.8 Å². The highest BCUT2D eigenvalue weighted by Crippen LogP contribution is 2.52. The van der Waals surface area contributed by atoms with E-state index in [0.717, 1.165) is 24.0 Å². The molecule has 1 rings (SSSR count). The van der Waals surface area contributed by atoms with Gasteiger partial charge >= 0.3 is 0 Å². The van der Waals surface area contributed by atoms with E-state index in [1.807, 2.05) is 26.2 Å². The molecule has 0 aliphatic rings. The van der Waals surface area contributed by atoms with Crippen LogP contribution in [0.2, 0.25) is 26.2 Å². The van der Waals surface area contributed by atoms with E-state index in [0.29, 0.717) is 0 Å². The lowest BCUT2D eigenvalue weighted by molar-refractivity contribution is 0.827. The maximum Gasteiger partial charge on any atom is 0.255 e. The van der Waals surface area contributed by atoms with Gasteiger partial charge in [-0.2, -0.15) is 0 Å². The molecule has 0 spiro atoms. The lowest BCUT2D eigenvalue weighted by Crippen LogP contribution is -2.36. The minimum Gasteiger partial charge on any atom is -0.145 e. The van der Waals surface area contributed by atoms with Crippen molar-refractivity contribution in [2.75, 3.05) is 0 Å². The first-order valence-corrected chi connectivity index (χ1v) is 30.2. The van der Waals surface area contributed by atoms with E-state index in [1.54, 1.807) is 0 Å². The second kappa shape index (κ2) is 12.3. The third-order valence-corrected chi connectivity index (χ3v) is 22.5. The molecule has 0 N–H and O–H groups in total. The molecule has 0 bridgehead atoms. The normalized spacial score (nSPS) is 17.5. The molecule has 0 amide bonds. The van der Waals surface area contributed by atoms with Gasteiger partial charge in [-0.15, -0.1) is 88.6 Å². The summed E-state index contributed by atoms with van der Waals surface area (Å²) in [5.41, 5.74) is 6.88. The molecule has 4 unspecified atom stereocenters. The molecule has 1 aromatic carbocycles. The highest BCUT2D eigenvalue weighted by Gasteiger charge is 2.46. The number of halogens is 8. The van der Waals surface area contributed by atoms with Gasteiger partial charge < -0.3 is 0 Å². The predicted molar refractivity (Wildman–Crippen MR) is 172 cm³/mol. The van der Waals surface area contributed by atoms with Crippen molar-refractivity contribution < 1.29 is 0 Å².